The van der Waals surface area contributed by atoms with Crippen LogP contribution in [0.2, 0.25) is 0 Å². The number of carbonyl (C=O) groups is 2. The summed E-state index contributed by atoms with van der Waals surface area (Å²) in [7, 11) is 0. The maximum atomic E-state index is 11.9. The van der Waals surface area contributed by atoms with Crippen molar-refractivity contribution in [3.05, 3.63) is 35.9 Å². The van der Waals surface area contributed by atoms with Gasteiger partial charge in [-0.05, 0) is 56.3 Å². The fourth-order valence-electron chi connectivity index (χ4n) is 3.06. The predicted molar refractivity (Wildman–Crippen MR) is 81.5 cm³/mol. The second kappa shape index (κ2) is 6.94. The molecule has 0 radical (unpaired) electrons. The number of hydrogen-bond donors (Lipinski definition) is 0. The Morgan fingerprint density at radius 1 is 1.19 bits per heavy atom. The summed E-state index contributed by atoms with van der Waals surface area (Å²) < 4.78 is 5.38. The molecule has 1 aliphatic rings. The number of amides is 1. The van der Waals surface area contributed by atoms with E-state index in [-0.39, 0.29) is 24.0 Å². The summed E-state index contributed by atoms with van der Waals surface area (Å²) >= 11 is 5.60. The Kier molecular flexibility index (Phi) is 5.23. The van der Waals surface area contributed by atoms with Crippen LogP contribution in [0.3, 0.4) is 0 Å². The molecule has 2 unspecified atom stereocenters. The van der Waals surface area contributed by atoms with Gasteiger partial charge < -0.3 is 9.64 Å². The molecule has 114 valence electrons. The summed E-state index contributed by atoms with van der Waals surface area (Å²) in [4.78, 5) is 25.0. The van der Waals surface area contributed by atoms with Crippen LogP contribution in [0.5, 0.6) is 0 Å². The monoisotopic (exact) mass is 309 g/mol. The number of hydrogen-bond acceptors (Lipinski definition) is 3. The zero-order valence-corrected chi connectivity index (χ0v) is 13.0. The first-order valence-corrected chi connectivity index (χ1v) is 7.56. The molecule has 1 aliphatic heterocycles. The van der Waals surface area contributed by atoms with E-state index >= 15 is 0 Å². The van der Waals surface area contributed by atoms with Crippen molar-refractivity contribution in [3.63, 3.8) is 0 Å². The van der Waals surface area contributed by atoms with Crippen LogP contribution in [0.15, 0.2) is 30.3 Å². The molecule has 1 aromatic rings. The van der Waals surface area contributed by atoms with Gasteiger partial charge in [0.15, 0.2) is 0 Å². The SMILES string of the molecule is CC1CC(COC(=O)c2ccccc2)CC(C)N1C(=O)Cl. The average Bonchev–Trinajstić information content (AvgIpc) is 2.44. The lowest BCUT2D eigenvalue weighted by Crippen LogP contribution is -2.48. The fraction of sp³-hybridized carbons (Fsp3) is 0.500. The number of carbonyl (C=O) groups excluding carboxylic acids is 2. The van der Waals surface area contributed by atoms with Gasteiger partial charge in [-0.25, -0.2) is 4.79 Å². The van der Waals surface area contributed by atoms with Gasteiger partial charge in [0, 0.05) is 12.1 Å². The summed E-state index contributed by atoms with van der Waals surface area (Å²) in [5.41, 5.74) is 0.562. The van der Waals surface area contributed by atoms with Crippen molar-refractivity contribution in [3.8, 4) is 0 Å². The van der Waals surface area contributed by atoms with Crippen molar-refractivity contribution in [1.82, 2.24) is 4.90 Å². The first kappa shape index (κ1) is 15.8. The molecule has 0 N–H and O–H groups in total. The molecule has 5 heteroatoms. The molecule has 2 atom stereocenters. The van der Waals surface area contributed by atoms with Crippen molar-refractivity contribution in [2.45, 2.75) is 38.8 Å². The quantitative estimate of drug-likeness (QED) is 0.486. The second-order valence-corrected chi connectivity index (χ2v) is 5.98. The summed E-state index contributed by atoms with van der Waals surface area (Å²) in [5, 5.41) is -0.408. The number of rotatable bonds is 3. The summed E-state index contributed by atoms with van der Waals surface area (Å²) in [6, 6.07) is 9.10. The topological polar surface area (TPSA) is 46.6 Å². The first-order chi connectivity index (χ1) is 9.99. The highest BCUT2D eigenvalue weighted by Crippen LogP contribution is 2.29. The minimum absolute atomic E-state index is 0.0687. The minimum Gasteiger partial charge on any atom is -0.462 e. The van der Waals surface area contributed by atoms with Gasteiger partial charge in [0.25, 0.3) is 0 Å². The van der Waals surface area contributed by atoms with E-state index in [9.17, 15) is 9.59 Å². The van der Waals surface area contributed by atoms with Crippen LogP contribution in [0.1, 0.15) is 37.0 Å². The lowest BCUT2D eigenvalue weighted by Gasteiger charge is -2.41. The Balaban J connectivity index is 1.88. The van der Waals surface area contributed by atoms with Gasteiger partial charge >= 0.3 is 11.3 Å². The van der Waals surface area contributed by atoms with E-state index in [2.05, 4.69) is 0 Å². The predicted octanol–water partition coefficient (Wildman–Crippen LogP) is 3.69. The van der Waals surface area contributed by atoms with E-state index in [0.29, 0.717) is 12.2 Å². The number of esters is 1. The maximum absolute atomic E-state index is 11.9. The summed E-state index contributed by atoms with van der Waals surface area (Å²) in [6.07, 6.45) is 1.59. The number of nitrogens with zero attached hydrogens (tertiary/aromatic N) is 1. The number of halogens is 1. The van der Waals surface area contributed by atoms with Crippen LogP contribution in [-0.2, 0) is 4.74 Å². The smallest absolute Gasteiger partial charge is 0.338 e. The lowest BCUT2D eigenvalue weighted by atomic mass is 9.88. The Morgan fingerprint density at radius 3 is 2.29 bits per heavy atom. The molecule has 1 aromatic carbocycles. The molecule has 2 rings (SSSR count). The highest BCUT2D eigenvalue weighted by molar-refractivity contribution is 6.62. The Hall–Kier alpha value is -1.55. The van der Waals surface area contributed by atoms with Crippen molar-refractivity contribution in [2.24, 2.45) is 5.92 Å². The van der Waals surface area contributed by atoms with Crippen LogP contribution in [-0.4, -0.2) is 34.9 Å². The van der Waals surface area contributed by atoms with Gasteiger partial charge in [-0.1, -0.05) is 18.2 Å². The van der Waals surface area contributed by atoms with Crippen LogP contribution in [0.25, 0.3) is 0 Å². The molecule has 1 heterocycles. The molecular formula is C16H20ClNO3. The Bertz CT molecular complexity index is 494. The average molecular weight is 310 g/mol. The van der Waals surface area contributed by atoms with Crippen LogP contribution in [0, 0.1) is 5.92 Å². The lowest BCUT2D eigenvalue weighted by molar-refractivity contribution is 0.0292. The molecule has 0 bridgehead atoms. The summed E-state index contributed by atoms with van der Waals surface area (Å²) in [5.74, 6) is -0.0401. The zero-order valence-electron chi connectivity index (χ0n) is 12.3. The normalized spacial score (nSPS) is 25.5. The van der Waals surface area contributed by atoms with E-state index in [0.717, 1.165) is 12.8 Å². The third-order valence-corrected chi connectivity index (χ3v) is 4.16. The summed E-state index contributed by atoms with van der Waals surface area (Å²) in [6.45, 7) is 4.33. The van der Waals surface area contributed by atoms with Crippen LogP contribution >= 0.6 is 11.6 Å². The van der Waals surface area contributed by atoms with E-state index in [4.69, 9.17) is 16.3 Å². The third-order valence-electron chi connectivity index (χ3n) is 3.96. The Labute approximate surface area is 130 Å². The van der Waals surface area contributed by atoms with E-state index in [1.807, 2.05) is 32.0 Å². The van der Waals surface area contributed by atoms with Crippen molar-refractivity contribution >= 4 is 22.9 Å². The molecular weight excluding hydrogens is 290 g/mol. The number of ether oxygens (including phenoxy) is 1. The van der Waals surface area contributed by atoms with E-state index in [1.165, 1.54) is 0 Å². The molecule has 1 saturated heterocycles. The van der Waals surface area contributed by atoms with Crippen molar-refractivity contribution in [1.29, 1.82) is 0 Å². The van der Waals surface area contributed by atoms with Gasteiger partial charge in [0.2, 0.25) is 0 Å². The van der Waals surface area contributed by atoms with Crippen LogP contribution in [0.4, 0.5) is 4.79 Å². The highest BCUT2D eigenvalue weighted by Gasteiger charge is 2.33. The maximum Gasteiger partial charge on any atom is 0.338 e. The van der Waals surface area contributed by atoms with Gasteiger partial charge in [0.05, 0.1) is 12.2 Å². The van der Waals surface area contributed by atoms with Gasteiger partial charge in [0.1, 0.15) is 0 Å². The molecule has 4 nitrogen and oxygen atoms in total. The third kappa shape index (κ3) is 3.97. The van der Waals surface area contributed by atoms with Crippen molar-refractivity contribution in [2.75, 3.05) is 6.61 Å². The second-order valence-electron chi connectivity index (χ2n) is 5.66. The van der Waals surface area contributed by atoms with E-state index < -0.39 is 5.37 Å². The highest BCUT2D eigenvalue weighted by atomic mass is 35.5. The largest absolute Gasteiger partial charge is 0.462 e. The Morgan fingerprint density at radius 2 is 1.76 bits per heavy atom. The zero-order chi connectivity index (χ0) is 15.4. The fourth-order valence-corrected chi connectivity index (χ4v) is 3.39. The molecule has 0 aliphatic carbocycles. The van der Waals surface area contributed by atoms with Crippen molar-refractivity contribution < 1.29 is 14.3 Å². The number of benzene rings is 1. The molecule has 1 amide bonds. The van der Waals surface area contributed by atoms with Gasteiger partial charge in [-0.2, -0.15) is 0 Å². The first-order valence-electron chi connectivity index (χ1n) is 7.19. The number of piperidine rings is 1. The molecule has 0 saturated carbocycles. The molecule has 1 fully saturated rings. The minimum atomic E-state index is -0.408. The van der Waals surface area contributed by atoms with Gasteiger partial charge in [-0.15, -0.1) is 0 Å². The molecule has 21 heavy (non-hydrogen) atoms. The van der Waals surface area contributed by atoms with Crippen LogP contribution < -0.4 is 0 Å². The van der Waals surface area contributed by atoms with Gasteiger partial charge in [-0.3, -0.25) is 4.79 Å². The molecule has 0 aromatic heterocycles. The molecule has 0 spiro atoms. The number of likely N-dealkylation sites (tertiary alicyclic amines) is 1. The standard InChI is InChI=1S/C16H20ClNO3/c1-11-8-13(9-12(2)18(11)16(17)20)10-21-15(19)14-6-4-3-5-7-14/h3-7,11-13H,8-10H2,1-2H3. The van der Waals surface area contributed by atoms with E-state index in [1.54, 1.807) is 17.0 Å².